The summed E-state index contributed by atoms with van der Waals surface area (Å²) in [7, 11) is 0. The molecule has 1 unspecified atom stereocenters. The van der Waals surface area contributed by atoms with Gasteiger partial charge in [0.1, 0.15) is 0 Å². The standard InChI is InChI=1S/C15H24ClN/c1-4-11(2)14-10-13(7-5-6-8-17)9-12(3)15(14)16/h9-11H,4-8,17H2,1-3H3. The maximum atomic E-state index is 6.38. The molecule has 0 bridgehead atoms. The van der Waals surface area contributed by atoms with Gasteiger partial charge in [-0.25, -0.2) is 0 Å². The highest BCUT2D eigenvalue weighted by Gasteiger charge is 2.11. The summed E-state index contributed by atoms with van der Waals surface area (Å²) in [6.07, 6.45) is 4.50. The molecule has 0 aliphatic rings. The molecule has 0 aliphatic heterocycles. The van der Waals surface area contributed by atoms with Crippen LogP contribution in [0.15, 0.2) is 12.1 Å². The van der Waals surface area contributed by atoms with E-state index in [2.05, 4.69) is 32.9 Å². The maximum absolute atomic E-state index is 6.38. The zero-order valence-corrected chi connectivity index (χ0v) is 12.0. The predicted octanol–water partition coefficient (Wildman–Crippen LogP) is 4.44. The molecule has 0 saturated carbocycles. The van der Waals surface area contributed by atoms with Gasteiger partial charge < -0.3 is 5.73 Å². The fourth-order valence-electron chi connectivity index (χ4n) is 2.07. The van der Waals surface area contributed by atoms with E-state index < -0.39 is 0 Å². The van der Waals surface area contributed by atoms with Crippen LogP contribution in [0, 0.1) is 6.92 Å². The highest BCUT2D eigenvalue weighted by atomic mass is 35.5. The van der Waals surface area contributed by atoms with Gasteiger partial charge in [0.15, 0.2) is 0 Å². The van der Waals surface area contributed by atoms with E-state index in [0.717, 1.165) is 37.3 Å². The van der Waals surface area contributed by atoms with Crippen molar-refractivity contribution in [2.75, 3.05) is 6.54 Å². The lowest BCUT2D eigenvalue weighted by molar-refractivity contribution is 0.722. The lowest BCUT2D eigenvalue weighted by Crippen LogP contribution is -2.01. The first kappa shape index (κ1) is 14.5. The van der Waals surface area contributed by atoms with Crippen molar-refractivity contribution in [1.29, 1.82) is 0 Å². The summed E-state index contributed by atoms with van der Waals surface area (Å²) in [5.74, 6) is 0.538. The van der Waals surface area contributed by atoms with E-state index in [1.807, 2.05) is 0 Å². The Bertz CT molecular complexity index is 360. The van der Waals surface area contributed by atoms with Crippen LogP contribution in [-0.4, -0.2) is 6.54 Å². The molecular formula is C15H24ClN. The van der Waals surface area contributed by atoms with Gasteiger partial charge in [-0.3, -0.25) is 0 Å². The maximum Gasteiger partial charge on any atom is 0.0470 e. The summed E-state index contributed by atoms with van der Waals surface area (Å²) in [5.41, 5.74) is 9.43. The molecule has 1 rings (SSSR count). The van der Waals surface area contributed by atoms with Crippen LogP contribution in [0.25, 0.3) is 0 Å². The smallest absolute Gasteiger partial charge is 0.0470 e. The average molecular weight is 254 g/mol. The number of hydrogen-bond acceptors (Lipinski definition) is 1. The molecule has 2 N–H and O–H groups in total. The van der Waals surface area contributed by atoms with Gasteiger partial charge in [0, 0.05) is 5.02 Å². The van der Waals surface area contributed by atoms with E-state index in [9.17, 15) is 0 Å². The van der Waals surface area contributed by atoms with Gasteiger partial charge in [0.25, 0.3) is 0 Å². The Balaban J connectivity index is 2.89. The molecule has 96 valence electrons. The van der Waals surface area contributed by atoms with Gasteiger partial charge in [0.05, 0.1) is 0 Å². The Morgan fingerprint density at radius 3 is 2.59 bits per heavy atom. The van der Waals surface area contributed by atoms with Crippen LogP contribution in [0.3, 0.4) is 0 Å². The third-order valence-corrected chi connectivity index (χ3v) is 3.92. The van der Waals surface area contributed by atoms with Crippen molar-refractivity contribution >= 4 is 11.6 Å². The minimum absolute atomic E-state index is 0.538. The second-order valence-electron chi connectivity index (χ2n) is 4.87. The molecule has 2 heteroatoms. The minimum atomic E-state index is 0.538. The van der Waals surface area contributed by atoms with E-state index in [0.29, 0.717) is 5.92 Å². The van der Waals surface area contributed by atoms with Crippen LogP contribution in [-0.2, 0) is 6.42 Å². The summed E-state index contributed by atoms with van der Waals surface area (Å²) in [4.78, 5) is 0. The second kappa shape index (κ2) is 7.03. The molecule has 1 aromatic rings. The quantitative estimate of drug-likeness (QED) is 0.745. The Hall–Kier alpha value is -0.530. The highest BCUT2D eigenvalue weighted by Crippen LogP contribution is 2.31. The van der Waals surface area contributed by atoms with E-state index in [1.54, 1.807) is 0 Å². The van der Waals surface area contributed by atoms with E-state index in [-0.39, 0.29) is 0 Å². The monoisotopic (exact) mass is 253 g/mol. The molecule has 0 saturated heterocycles. The Kier molecular flexibility index (Phi) is 6.01. The lowest BCUT2D eigenvalue weighted by atomic mass is 9.93. The number of benzene rings is 1. The molecule has 0 aromatic heterocycles. The number of hydrogen-bond donors (Lipinski definition) is 1. The van der Waals surface area contributed by atoms with Crippen molar-refractivity contribution in [1.82, 2.24) is 0 Å². The largest absolute Gasteiger partial charge is 0.330 e. The Morgan fingerprint density at radius 2 is 2.00 bits per heavy atom. The van der Waals surface area contributed by atoms with Gasteiger partial charge in [0.2, 0.25) is 0 Å². The topological polar surface area (TPSA) is 26.0 Å². The van der Waals surface area contributed by atoms with Crippen molar-refractivity contribution in [3.63, 3.8) is 0 Å². The summed E-state index contributed by atoms with van der Waals surface area (Å²) in [5, 5.41) is 0.946. The van der Waals surface area contributed by atoms with Crippen LogP contribution in [0.1, 0.15) is 55.7 Å². The molecule has 17 heavy (non-hydrogen) atoms. The first-order valence-electron chi connectivity index (χ1n) is 6.59. The summed E-state index contributed by atoms with van der Waals surface area (Å²) >= 11 is 6.38. The minimum Gasteiger partial charge on any atom is -0.330 e. The number of nitrogens with two attached hydrogens (primary N) is 1. The van der Waals surface area contributed by atoms with E-state index in [1.165, 1.54) is 16.7 Å². The molecule has 1 nitrogen and oxygen atoms in total. The summed E-state index contributed by atoms with van der Waals surface area (Å²) in [6.45, 7) is 7.33. The number of rotatable bonds is 6. The normalized spacial score (nSPS) is 12.8. The fourth-order valence-corrected chi connectivity index (χ4v) is 2.37. The van der Waals surface area contributed by atoms with Gasteiger partial charge >= 0.3 is 0 Å². The first-order valence-corrected chi connectivity index (χ1v) is 6.96. The van der Waals surface area contributed by atoms with Crippen molar-refractivity contribution < 1.29 is 0 Å². The van der Waals surface area contributed by atoms with Crippen molar-refractivity contribution in [2.45, 2.75) is 52.4 Å². The SMILES string of the molecule is CCC(C)c1cc(CCCCN)cc(C)c1Cl. The van der Waals surface area contributed by atoms with Gasteiger partial charge in [-0.15, -0.1) is 0 Å². The highest BCUT2D eigenvalue weighted by molar-refractivity contribution is 6.32. The van der Waals surface area contributed by atoms with Crippen LogP contribution in [0.5, 0.6) is 0 Å². The Labute approximate surface area is 110 Å². The predicted molar refractivity (Wildman–Crippen MR) is 76.9 cm³/mol. The summed E-state index contributed by atoms with van der Waals surface area (Å²) in [6, 6.07) is 4.49. The van der Waals surface area contributed by atoms with E-state index in [4.69, 9.17) is 17.3 Å². The lowest BCUT2D eigenvalue weighted by Gasteiger charge is -2.15. The van der Waals surface area contributed by atoms with Crippen LogP contribution >= 0.6 is 11.6 Å². The van der Waals surface area contributed by atoms with Crippen LogP contribution < -0.4 is 5.73 Å². The van der Waals surface area contributed by atoms with Gasteiger partial charge in [-0.05, 0) is 61.8 Å². The van der Waals surface area contributed by atoms with Crippen molar-refractivity contribution in [2.24, 2.45) is 5.73 Å². The molecule has 0 heterocycles. The average Bonchev–Trinajstić information content (AvgIpc) is 2.32. The molecule has 0 amide bonds. The summed E-state index contributed by atoms with van der Waals surface area (Å²) < 4.78 is 0. The fraction of sp³-hybridized carbons (Fsp3) is 0.600. The van der Waals surface area contributed by atoms with Crippen LogP contribution in [0.4, 0.5) is 0 Å². The third-order valence-electron chi connectivity index (χ3n) is 3.41. The van der Waals surface area contributed by atoms with Gasteiger partial charge in [-0.1, -0.05) is 37.6 Å². The molecule has 0 fully saturated rings. The molecular weight excluding hydrogens is 230 g/mol. The molecule has 1 aromatic carbocycles. The van der Waals surface area contributed by atoms with Crippen LogP contribution in [0.2, 0.25) is 5.02 Å². The second-order valence-corrected chi connectivity index (χ2v) is 5.25. The number of unbranched alkanes of at least 4 members (excludes halogenated alkanes) is 1. The number of aryl methyl sites for hydroxylation is 2. The van der Waals surface area contributed by atoms with Gasteiger partial charge in [-0.2, -0.15) is 0 Å². The zero-order chi connectivity index (χ0) is 12.8. The molecule has 1 atom stereocenters. The number of halogens is 1. The third kappa shape index (κ3) is 4.01. The van der Waals surface area contributed by atoms with Crippen molar-refractivity contribution in [3.8, 4) is 0 Å². The van der Waals surface area contributed by atoms with Crippen molar-refractivity contribution in [3.05, 3.63) is 33.8 Å². The first-order chi connectivity index (χ1) is 8.10. The Morgan fingerprint density at radius 1 is 1.29 bits per heavy atom. The van der Waals surface area contributed by atoms with E-state index >= 15 is 0 Å². The molecule has 0 spiro atoms. The molecule has 0 radical (unpaired) electrons. The zero-order valence-electron chi connectivity index (χ0n) is 11.2. The molecule has 0 aliphatic carbocycles.